The van der Waals surface area contributed by atoms with Crippen molar-refractivity contribution < 1.29 is 18.7 Å². The first-order valence-corrected chi connectivity index (χ1v) is 12.8. The molecule has 2 amide bonds. The van der Waals surface area contributed by atoms with E-state index in [9.17, 15) is 23.5 Å². The highest BCUT2D eigenvalue weighted by Crippen LogP contribution is 2.32. The largest absolute Gasteiger partial charge is 0.507 e. The van der Waals surface area contributed by atoms with E-state index in [-0.39, 0.29) is 21.5 Å². The van der Waals surface area contributed by atoms with E-state index >= 15 is 0 Å². The summed E-state index contributed by atoms with van der Waals surface area (Å²) >= 11 is 12.3. The Morgan fingerprint density at radius 1 is 1.02 bits per heavy atom. The molecule has 0 saturated carbocycles. The molecule has 0 saturated heterocycles. The summed E-state index contributed by atoms with van der Waals surface area (Å²) in [4.78, 5) is 34.8. The molecule has 3 aromatic carbocycles. The molecule has 2 heterocycles. The third-order valence-electron chi connectivity index (χ3n) is 6.26. The second-order valence-electron chi connectivity index (χ2n) is 8.95. The van der Waals surface area contributed by atoms with Crippen molar-refractivity contribution >= 4 is 40.1 Å². The van der Waals surface area contributed by atoms with Gasteiger partial charge in [-0.15, -0.1) is 0 Å². The van der Waals surface area contributed by atoms with Crippen LogP contribution in [0.5, 0.6) is 5.75 Å². The number of hydrogen-bond donors (Lipinski definition) is 5. The number of hydrogen-bond acceptors (Lipinski definition) is 4. The highest BCUT2D eigenvalue weighted by molar-refractivity contribution is 6.32. The normalized spacial score (nSPS) is 11.9. The molecule has 0 radical (unpaired) electrons. The summed E-state index contributed by atoms with van der Waals surface area (Å²) in [6.45, 7) is -0.436. The zero-order chi connectivity index (χ0) is 28.4. The number of nitrogens with one attached hydrogen (secondary N) is 4. The summed E-state index contributed by atoms with van der Waals surface area (Å²) in [5.41, 5.74) is 1.42. The number of amides is 2. The van der Waals surface area contributed by atoms with Crippen molar-refractivity contribution in [1.82, 2.24) is 25.6 Å². The van der Waals surface area contributed by atoms with E-state index in [0.29, 0.717) is 34.4 Å². The summed E-state index contributed by atoms with van der Waals surface area (Å²) in [5, 5.41) is 15.8. The quantitative estimate of drug-likeness (QED) is 0.151. The average Bonchev–Trinajstić information content (AvgIpc) is 3.32. The Balaban J connectivity index is 1.42. The fourth-order valence-corrected chi connectivity index (χ4v) is 4.71. The Morgan fingerprint density at radius 2 is 1.80 bits per heavy atom. The lowest BCUT2D eigenvalue weighted by molar-refractivity contribution is 0.236. The molecule has 5 rings (SSSR count). The SMILES string of the molecule is O=C(NCc1c(F)ccc(Cl)c1F)NC(Cc1ccccc1)c1nc(-c2ccc3[nH]c(=O)cc(O)c3c2)c(Cl)[nH]1. The molecular weight excluding hydrogens is 563 g/mol. The number of nitrogens with zero attached hydrogens (tertiary/aromatic N) is 1. The van der Waals surface area contributed by atoms with Crippen LogP contribution in [0.4, 0.5) is 13.6 Å². The topological polar surface area (TPSA) is 123 Å². The first kappa shape index (κ1) is 27.2. The molecule has 0 aliphatic rings. The number of carbonyl (C=O) groups is 1. The van der Waals surface area contributed by atoms with Gasteiger partial charge < -0.3 is 25.7 Å². The van der Waals surface area contributed by atoms with Crippen LogP contribution in [0, 0.1) is 11.6 Å². The molecule has 0 bridgehead atoms. The number of H-pyrrole nitrogens is 2. The van der Waals surface area contributed by atoms with E-state index in [1.165, 1.54) is 0 Å². The van der Waals surface area contributed by atoms with Crippen molar-refractivity contribution in [3.8, 4) is 17.0 Å². The van der Waals surface area contributed by atoms with Crippen molar-refractivity contribution in [1.29, 1.82) is 0 Å². The maximum Gasteiger partial charge on any atom is 0.315 e. The van der Waals surface area contributed by atoms with Crippen LogP contribution in [0.15, 0.2) is 71.5 Å². The van der Waals surface area contributed by atoms with Crippen molar-refractivity contribution in [2.75, 3.05) is 0 Å². The molecule has 0 aliphatic heterocycles. The molecule has 2 aromatic heterocycles. The monoisotopic (exact) mass is 583 g/mol. The Labute approximate surface area is 236 Å². The van der Waals surface area contributed by atoms with Crippen molar-refractivity contribution in [3.05, 3.63) is 116 Å². The van der Waals surface area contributed by atoms with Crippen LogP contribution >= 0.6 is 23.2 Å². The lowest BCUT2D eigenvalue weighted by Crippen LogP contribution is -2.39. The van der Waals surface area contributed by atoms with Crippen LogP contribution in [0.1, 0.15) is 23.0 Å². The summed E-state index contributed by atoms with van der Waals surface area (Å²) in [5.74, 6) is -1.66. The second-order valence-corrected chi connectivity index (χ2v) is 9.74. The van der Waals surface area contributed by atoms with Gasteiger partial charge in [-0.25, -0.2) is 18.6 Å². The number of aromatic nitrogens is 3. The standard InChI is InChI=1S/C28H21Cl2F2N5O3/c29-18-7-8-19(31)17(24(18)32)13-33-28(40)35-21(10-14-4-2-1-3-5-14)27-36-25(26(30)37-27)15-6-9-20-16(11-15)22(38)12-23(39)34-20/h1-9,11-12,21H,10,13H2,(H,36,37)(H2,33,35,40)(H2,34,38,39). The molecular formula is C28H21Cl2F2N5O3. The highest BCUT2D eigenvalue weighted by atomic mass is 35.5. The van der Waals surface area contributed by atoms with Gasteiger partial charge in [-0.3, -0.25) is 4.79 Å². The first-order valence-electron chi connectivity index (χ1n) is 12.0. The Hall–Kier alpha value is -4.41. The number of fused-ring (bicyclic) bond motifs is 1. The maximum absolute atomic E-state index is 14.3. The first-order chi connectivity index (χ1) is 19.2. The van der Waals surface area contributed by atoms with Gasteiger partial charge in [-0.1, -0.05) is 59.6 Å². The molecule has 40 heavy (non-hydrogen) atoms. The minimum atomic E-state index is -0.948. The van der Waals surface area contributed by atoms with Gasteiger partial charge in [0.25, 0.3) is 5.56 Å². The van der Waals surface area contributed by atoms with Crippen molar-refractivity contribution in [2.24, 2.45) is 0 Å². The van der Waals surface area contributed by atoms with Gasteiger partial charge in [-0.2, -0.15) is 0 Å². The molecule has 0 aliphatic carbocycles. The molecule has 5 N–H and O–H groups in total. The number of pyridine rings is 1. The number of benzene rings is 3. The fourth-order valence-electron chi connectivity index (χ4n) is 4.28. The van der Waals surface area contributed by atoms with Crippen molar-refractivity contribution in [2.45, 2.75) is 19.0 Å². The lowest BCUT2D eigenvalue weighted by Gasteiger charge is -2.18. The molecule has 204 valence electrons. The maximum atomic E-state index is 14.3. The van der Waals surface area contributed by atoms with Crippen LogP contribution < -0.4 is 16.2 Å². The third-order valence-corrected chi connectivity index (χ3v) is 6.82. The lowest BCUT2D eigenvalue weighted by atomic mass is 10.1. The summed E-state index contributed by atoms with van der Waals surface area (Å²) in [6, 6.07) is 16.0. The van der Waals surface area contributed by atoms with Gasteiger partial charge in [0.15, 0.2) is 0 Å². The number of aromatic amines is 2. The zero-order valence-electron chi connectivity index (χ0n) is 20.6. The molecule has 5 aromatic rings. The summed E-state index contributed by atoms with van der Waals surface area (Å²) < 4.78 is 28.4. The van der Waals surface area contributed by atoms with Gasteiger partial charge in [0, 0.05) is 22.6 Å². The number of aromatic hydroxyl groups is 1. The summed E-state index contributed by atoms with van der Waals surface area (Å²) in [6.07, 6.45) is 0.317. The Kier molecular flexibility index (Phi) is 7.72. The molecule has 0 spiro atoms. The van der Waals surface area contributed by atoms with Gasteiger partial charge in [0.05, 0.1) is 23.1 Å². The van der Waals surface area contributed by atoms with Gasteiger partial charge in [0.1, 0.15) is 34.1 Å². The minimum absolute atomic E-state index is 0.182. The molecule has 1 atom stereocenters. The average molecular weight is 584 g/mol. The van der Waals surface area contributed by atoms with Gasteiger partial charge in [-0.05, 0) is 36.2 Å². The van der Waals surface area contributed by atoms with E-state index in [2.05, 4.69) is 25.6 Å². The Morgan fingerprint density at radius 3 is 2.58 bits per heavy atom. The Bertz CT molecular complexity index is 1780. The fraction of sp³-hybridized carbons (Fsp3) is 0.107. The van der Waals surface area contributed by atoms with E-state index in [0.717, 1.165) is 23.8 Å². The van der Waals surface area contributed by atoms with E-state index in [4.69, 9.17) is 23.2 Å². The molecule has 12 heteroatoms. The number of urea groups is 1. The van der Waals surface area contributed by atoms with Gasteiger partial charge in [0.2, 0.25) is 0 Å². The van der Waals surface area contributed by atoms with E-state index in [1.807, 2.05) is 30.3 Å². The molecule has 8 nitrogen and oxygen atoms in total. The van der Waals surface area contributed by atoms with E-state index < -0.39 is 35.8 Å². The highest BCUT2D eigenvalue weighted by Gasteiger charge is 2.22. The van der Waals surface area contributed by atoms with Crippen molar-refractivity contribution in [3.63, 3.8) is 0 Å². The summed E-state index contributed by atoms with van der Waals surface area (Å²) in [7, 11) is 0. The number of halogens is 4. The molecule has 0 fully saturated rings. The molecule has 1 unspecified atom stereocenters. The predicted octanol–water partition coefficient (Wildman–Crippen LogP) is 5.99. The number of carbonyl (C=O) groups excluding carboxylic acids is 1. The number of imidazole rings is 1. The predicted molar refractivity (Wildman–Crippen MR) is 148 cm³/mol. The second kappa shape index (κ2) is 11.4. The van der Waals surface area contributed by atoms with Crippen LogP contribution in [-0.2, 0) is 13.0 Å². The van der Waals surface area contributed by atoms with Crippen LogP contribution in [0.3, 0.4) is 0 Å². The zero-order valence-corrected chi connectivity index (χ0v) is 22.1. The third kappa shape index (κ3) is 5.78. The smallest absolute Gasteiger partial charge is 0.315 e. The van der Waals surface area contributed by atoms with Crippen LogP contribution in [0.2, 0.25) is 10.2 Å². The van der Waals surface area contributed by atoms with Gasteiger partial charge >= 0.3 is 6.03 Å². The minimum Gasteiger partial charge on any atom is -0.507 e. The van der Waals surface area contributed by atoms with Crippen LogP contribution in [-0.4, -0.2) is 26.1 Å². The van der Waals surface area contributed by atoms with E-state index in [1.54, 1.807) is 18.2 Å². The van der Waals surface area contributed by atoms with Crippen LogP contribution in [0.25, 0.3) is 22.2 Å². The number of rotatable bonds is 7.